The Hall–Kier alpha value is -0.830. The third-order valence-corrected chi connectivity index (χ3v) is 1.86. The summed E-state index contributed by atoms with van der Waals surface area (Å²) in [6.45, 7) is 6.99. The van der Waals surface area contributed by atoms with E-state index in [0.29, 0.717) is 12.8 Å². The quantitative estimate of drug-likeness (QED) is 0.492. The molecular formula is C8H15NO2. The van der Waals surface area contributed by atoms with Crippen molar-refractivity contribution in [2.24, 2.45) is 5.73 Å². The van der Waals surface area contributed by atoms with Gasteiger partial charge in [-0.15, -0.1) is 0 Å². The number of carbonyl (C=O) groups excluding carboxylic acids is 1. The van der Waals surface area contributed by atoms with Crippen LogP contribution >= 0.6 is 0 Å². The summed E-state index contributed by atoms with van der Waals surface area (Å²) in [4.78, 5) is 11.1. The van der Waals surface area contributed by atoms with Crippen molar-refractivity contribution in [3.05, 3.63) is 12.8 Å². The van der Waals surface area contributed by atoms with E-state index >= 15 is 0 Å². The second-order valence-corrected chi connectivity index (χ2v) is 2.44. The van der Waals surface area contributed by atoms with Crippen LogP contribution in [0.25, 0.3) is 0 Å². The third-order valence-electron chi connectivity index (χ3n) is 1.86. The zero-order valence-corrected chi connectivity index (χ0v) is 7.09. The molecule has 64 valence electrons. The smallest absolute Gasteiger partial charge is 0.330 e. The second kappa shape index (κ2) is 4.13. The summed E-state index contributed by atoms with van der Waals surface area (Å²) < 4.78 is 4.59. The van der Waals surface area contributed by atoms with Gasteiger partial charge in [0.1, 0.15) is 5.54 Å². The Morgan fingerprint density at radius 1 is 1.64 bits per heavy atom. The number of carbonyl (C=O) groups is 1. The Labute approximate surface area is 67.2 Å². The zero-order valence-electron chi connectivity index (χ0n) is 7.09. The van der Waals surface area contributed by atoms with Gasteiger partial charge in [0.25, 0.3) is 0 Å². The molecule has 0 fully saturated rings. The number of ether oxygens (including phenoxy) is 1. The fourth-order valence-electron chi connectivity index (χ4n) is 0.732. The zero-order chi connectivity index (χ0) is 8.91. The van der Waals surface area contributed by atoms with Gasteiger partial charge < -0.3 is 10.5 Å². The van der Waals surface area contributed by atoms with Gasteiger partial charge in [0.2, 0.25) is 0 Å². The summed E-state index contributed by atoms with van der Waals surface area (Å²) >= 11 is 0. The molecule has 0 aromatic rings. The van der Waals surface area contributed by atoms with Crippen LogP contribution in [0.15, 0.2) is 12.8 Å². The van der Waals surface area contributed by atoms with Gasteiger partial charge in [0.15, 0.2) is 0 Å². The predicted octanol–water partition coefficient (Wildman–Crippen LogP) is 1.19. The maximum absolute atomic E-state index is 11.1. The summed E-state index contributed by atoms with van der Waals surface area (Å²) in [6, 6.07) is 0. The van der Waals surface area contributed by atoms with Crippen LogP contribution < -0.4 is 5.73 Å². The topological polar surface area (TPSA) is 52.3 Å². The highest BCUT2D eigenvalue weighted by Gasteiger charge is 2.30. The first-order valence-corrected chi connectivity index (χ1v) is 3.71. The molecule has 0 amide bonds. The molecule has 0 atom stereocenters. The lowest BCUT2D eigenvalue weighted by Crippen LogP contribution is -2.47. The minimum absolute atomic E-state index is 0.405. The van der Waals surface area contributed by atoms with Crippen LogP contribution in [0.1, 0.15) is 26.7 Å². The Bertz CT molecular complexity index is 150. The van der Waals surface area contributed by atoms with Crippen molar-refractivity contribution in [3.8, 4) is 0 Å². The summed E-state index contributed by atoms with van der Waals surface area (Å²) in [5.74, 6) is -0.405. The molecule has 0 saturated carbocycles. The van der Waals surface area contributed by atoms with Gasteiger partial charge in [0, 0.05) is 0 Å². The van der Waals surface area contributed by atoms with Crippen molar-refractivity contribution in [2.45, 2.75) is 32.2 Å². The van der Waals surface area contributed by atoms with E-state index in [2.05, 4.69) is 11.3 Å². The summed E-state index contributed by atoms with van der Waals surface area (Å²) in [5.41, 5.74) is 4.86. The number of hydrogen-bond acceptors (Lipinski definition) is 3. The van der Waals surface area contributed by atoms with E-state index in [9.17, 15) is 4.79 Å². The molecule has 0 bridgehead atoms. The molecule has 3 nitrogen and oxygen atoms in total. The molecule has 0 aromatic carbocycles. The van der Waals surface area contributed by atoms with Crippen molar-refractivity contribution >= 4 is 5.97 Å². The Morgan fingerprint density at radius 3 is 2.36 bits per heavy atom. The molecule has 0 aliphatic heterocycles. The molecule has 0 unspecified atom stereocenters. The number of rotatable bonds is 4. The van der Waals surface area contributed by atoms with Gasteiger partial charge in [0.05, 0.1) is 6.26 Å². The molecule has 11 heavy (non-hydrogen) atoms. The van der Waals surface area contributed by atoms with Gasteiger partial charge in [-0.1, -0.05) is 20.4 Å². The maximum atomic E-state index is 11.1. The van der Waals surface area contributed by atoms with Crippen LogP contribution in [-0.4, -0.2) is 11.5 Å². The highest BCUT2D eigenvalue weighted by atomic mass is 16.5. The SMILES string of the molecule is C=COC(=O)C(N)(CC)CC. The van der Waals surface area contributed by atoms with E-state index in [1.54, 1.807) is 0 Å². The number of esters is 1. The average Bonchev–Trinajstić information content (AvgIpc) is 2.03. The lowest BCUT2D eigenvalue weighted by molar-refractivity contribution is -0.144. The third kappa shape index (κ3) is 2.35. The van der Waals surface area contributed by atoms with E-state index in [1.807, 2.05) is 13.8 Å². The van der Waals surface area contributed by atoms with E-state index < -0.39 is 11.5 Å². The van der Waals surface area contributed by atoms with Gasteiger partial charge >= 0.3 is 5.97 Å². The summed E-state index contributed by atoms with van der Waals surface area (Å²) in [5, 5.41) is 0. The second-order valence-electron chi connectivity index (χ2n) is 2.44. The van der Waals surface area contributed by atoms with Crippen LogP contribution in [0.3, 0.4) is 0 Å². The Balaban J connectivity index is 4.23. The number of hydrogen-bond donors (Lipinski definition) is 1. The first kappa shape index (κ1) is 10.2. The van der Waals surface area contributed by atoms with Crippen molar-refractivity contribution in [1.29, 1.82) is 0 Å². The first-order valence-electron chi connectivity index (χ1n) is 3.71. The molecule has 0 spiro atoms. The van der Waals surface area contributed by atoms with Gasteiger partial charge in [-0.2, -0.15) is 0 Å². The molecule has 0 aromatic heterocycles. The fourth-order valence-corrected chi connectivity index (χ4v) is 0.732. The molecule has 0 heterocycles. The normalized spacial score (nSPS) is 10.8. The van der Waals surface area contributed by atoms with Crippen LogP contribution in [-0.2, 0) is 9.53 Å². The minimum atomic E-state index is -0.839. The van der Waals surface area contributed by atoms with Crippen LogP contribution in [0.2, 0.25) is 0 Å². The Kier molecular flexibility index (Phi) is 3.82. The molecule has 2 N–H and O–H groups in total. The molecule has 0 saturated heterocycles. The highest BCUT2D eigenvalue weighted by Crippen LogP contribution is 2.12. The van der Waals surface area contributed by atoms with E-state index in [0.717, 1.165) is 6.26 Å². The summed E-state index contributed by atoms with van der Waals surface area (Å²) in [6.07, 6.45) is 2.27. The van der Waals surface area contributed by atoms with Crippen molar-refractivity contribution in [3.63, 3.8) is 0 Å². The highest BCUT2D eigenvalue weighted by molar-refractivity contribution is 5.80. The van der Waals surface area contributed by atoms with Gasteiger partial charge in [-0.3, -0.25) is 0 Å². The summed E-state index contributed by atoms with van der Waals surface area (Å²) in [7, 11) is 0. The van der Waals surface area contributed by atoms with Crippen molar-refractivity contribution in [2.75, 3.05) is 0 Å². The van der Waals surface area contributed by atoms with Crippen LogP contribution in [0.4, 0.5) is 0 Å². The predicted molar refractivity (Wildman–Crippen MR) is 43.8 cm³/mol. The number of nitrogens with two attached hydrogens (primary N) is 1. The largest absolute Gasteiger partial charge is 0.434 e. The van der Waals surface area contributed by atoms with Gasteiger partial charge in [-0.05, 0) is 12.8 Å². The molecule has 3 heteroatoms. The van der Waals surface area contributed by atoms with E-state index in [4.69, 9.17) is 5.73 Å². The monoisotopic (exact) mass is 157 g/mol. The molecule has 0 radical (unpaired) electrons. The fraction of sp³-hybridized carbons (Fsp3) is 0.625. The van der Waals surface area contributed by atoms with Gasteiger partial charge in [-0.25, -0.2) is 4.79 Å². The molecule has 0 rings (SSSR count). The minimum Gasteiger partial charge on any atom is -0.434 e. The lowest BCUT2D eigenvalue weighted by atomic mass is 9.95. The van der Waals surface area contributed by atoms with E-state index in [1.165, 1.54) is 0 Å². The van der Waals surface area contributed by atoms with Crippen LogP contribution in [0, 0.1) is 0 Å². The van der Waals surface area contributed by atoms with Crippen molar-refractivity contribution in [1.82, 2.24) is 0 Å². The lowest BCUT2D eigenvalue weighted by Gasteiger charge is -2.22. The molecule has 0 aliphatic carbocycles. The molecular weight excluding hydrogens is 142 g/mol. The average molecular weight is 157 g/mol. The molecule has 0 aliphatic rings. The van der Waals surface area contributed by atoms with Crippen molar-refractivity contribution < 1.29 is 9.53 Å². The standard InChI is InChI=1S/C8H15NO2/c1-4-8(9,5-2)7(10)11-6-3/h6H,3-5,9H2,1-2H3. The first-order chi connectivity index (χ1) is 5.10. The van der Waals surface area contributed by atoms with E-state index in [-0.39, 0.29) is 0 Å². The Morgan fingerprint density at radius 2 is 2.09 bits per heavy atom. The maximum Gasteiger partial charge on any atom is 0.330 e. The van der Waals surface area contributed by atoms with Crippen LogP contribution in [0.5, 0.6) is 0 Å².